The van der Waals surface area contributed by atoms with Crippen LogP contribution in [0.25, 0.3) is 10.8 Å². The highest BCUT2D eigenvalue weighted by atomic mass is 32.2. The molecular weight excluding hydrogens is 240 g/mol. The van der Waals surface area contributed by atoms with E-state index in [-0.39, 0.29) is 16.4 Å². The van der Waals surface area contributed by atoms with E-state index >= 15 is 0 Å². The number of phenols is 1. The molecule has 0 aliphatic heterocycles. The topological polar surface area (TPSA) is 63.6 Å². The summed E-state index contributed by atoms with van der Waals surface area (Å²) >= 11 is 0. The monoisotopic (exact) mass is 252 g/mol. The van der Waals surface area contributed by atoms with Crippen molar-refractivity contribution in [1.82, 2.24) is 0 Å². The van der Waals surface area contributed by atoms with Gasteiger partial charge >= 0.3 is 0 Å². The van der Waals surface area contributed by atoms with Gasteiger partial charge < -0.3 is 9.84 Å². The third kappa shape index (κ3) is 2.19. The van der Waals surface area contributed by atoms with Gasteiger partial charge in [0.1, 0.15) is 16.4 Å². The van der Waals surface area contributed by atoms with Crippen LogP contribution in [-0.4, -0.2) is 26.9 Å². The van der Waals surface area contributed by atoms with E-state index < -0.39 is 9.84 Å². The number of benzene rings is 2. The van der Waals surface area contributed by atoms with Crippen LogP contribution in [0.2, 0.25) is 0 Å². The molecule has 2 rings (SSSR count). The molecule has 0 amide bonds. The zero-order valence-corrected chi connectivity index (χ0v) is 10.3. The van der Waals surface area contributed by atoms with Crippen molar-refractivity contribution in [2.75, 3.05) is 13.4 Å². The minimum Gasteiger partial charge on any atom is -0.508 e. The molecule has 0 unspecified atom stereocenters. The van der Waals surface area contributed by atoms with E-state index in [4.69, 9.17) is 4.74 Å². The normalized spacial score (nSPS) is 11.6. The first kappa shape index (κ1) is 11.7. The summed E-state index contributed by atoms with van der Waals surface area (Å²) in [5, 5.41) is 10.8. The smallest absolute Gasteiger partial charge is 0.179 e. The molecule has 17 heavy (non-hydrogen) atoms. The lowest BCUT2D eigenvalue weighted by molar-refractivity contribution is 0.403. The van der Waals surface area contributed by atoms with Gasteiger partial charge in [0, 0.05) is 6.26 Å². The lowest BCUT2D eigenvalue weighted by Crippen LogP contribution is -2.00. The van der Waals surface area contributed by atoms with Crippen molar-refractivity contribution in [3.8, 4) is 11.5 Å². The molecule has 90 valence electrons. The van der Waals surface area contributed by atoms with Crippen molar-refractivity contribution in [2.24, 2.45) is 0 Å². The van der Waals surface area contributed by atoms with E-state index in [2.05, 4.69) is 0 Å². The van der Waals surface area contributed by atoms with E-state index in [1.165, 1.54) is 13.2 Å². The van der Waals surface area contributed by atoms with Crippen molar-refractivity contribution in [3.05, 3.63) is 30.3 Å². The van der Waals surface area contributed by atoms with Crippen molar-refractivity contribution < 1.29 is 18.3 Å². The molecule has 2 aromatic carbocycles. The van der Waals surface area contributed by atoms with Crippen LogP contribution < -0.4 is 4.74 Å². The standard InChI is InChI=1S/C12H12O4S/c1-16-11-6-9-5-10(13)4-3-8(9)7-12(11)17(2,14)15/h3-7,13H,1-2H3. The summed E-state index contributed by atoms with van der Waals surface area (Å²) in [6, 6.07) is 7.89. The van der Waals surface area contributed by atoms with Crippen LogP contribution in [-0.2, 0) is 9.84 Å². The fourth-order valence-electron chi connectivity index (χ4n) is 1.69. The number of phenolic OH excluding ortho intramolecular Hbond substituents is 1. The number of hydrogen-bond donors (Lipinski definition) is 1. The zero-order chi connectivity index (χ0) is 12.6. The molecule has 0 spiro atoms. The first-order chi connectivity index (χ1) is 7.91. The van der Waals surface area contributed by atoms with Crippen LogP contribution in [0, 0.1) is 0 Å². The molecule has 0 bridgehead atoms. The Morgan fingerprint density at radius 3 is 2.41 bits per heavy atom. The SMILES string of the molecule is COc1cc2cc(O)ccc2cc1S(C)(=O)=O. The molecule has 0 aliphatic carbocycles. The first-order valence-corrected chi connectivity index (χ1v) is 6.82. The summed E-state index contributed by atoms with van der Waals surface area (Å²) in [5.74, 6) is 0.414. The van der Waals surface area contributed by atoms with Crippen LogP contribution >= 0.6 is 0 Å². The predicted molar refractivity (Wildman–Crippen MR) is 65.3 cm³/mol. The van der Waals surface area contributed by atoms with Gasteiger partial charge in [0.05, 0.1) is 7.11 Å². The maximum Gasteiger partial charge on any atom is 0.179 e. The number of fused-ring (bicyclic) bond motifs is 1. The van der Waals surface area contributed by atoms with Crippen molar-refractivity contribution >= 4 is 20.6 Å². The number of methoxy groups -OCH3 is 1. The molecule has 0 saturated carbocycles. The molecule has 5 heteroatoms. The number of hydrogen-bond acceptors (Lipinski definition) is 4. The lowest BCUT2D eigenvalue weighted by atomic mass is 10.1. The predicted octanol–water partition coefficient (Wildman–Crippen LogP) is 1.96. The van der Waals surface area contributed by atoms with Gasteiger partial charge in [-0.3, -0.25) is 0 Å². The number of ether oxygens (including phenoxy) is 1. The Kier molecular flexibility index (Phi) is 2.71. The van der Waals surface area contributed by atoms with Gasteiger partial charge in [0.2, 0.25) is 0 Å². The molecule has 0 aromatic heterocycles. The summed E-state index contributed by atoms with van der Waals surface area (Å²) in [5.41, 5.74) is 0. The summed E-state index contributed by atoms with van der Waals surface area (Å²) in [4.78, 5) is 0.151. The molecule has 0 aliphatic rings. The number of sulfone groups is 1. The van der Waals surface area contributed by atoms with Crippen molar-refractivity contribution in [2.45, 2.75) is 4.90 Å². The Labute approximate surface area is 99.4 Å². The van der Waals surface area contributed by atoms with Gasteiger partial charge in [-0.05, 0) is 35.0 Å². The second kappa shape index (κ2) is 3.92. The summed E-state index contributed by atoms with van der Waals surface area (Å²) in [6.45, 7) is 0. The second-order valence-corrected chi connectivity index (χ2v) is 5.79. The largest absolute Gasteiger partial charge is 0.508 e. The highest BCUT2D eigenvalue weighted by molar-refractivity contribution is 7.90. The molecule has 4 nitrogen and oxygen atoms in total. The van der Waals surface area contributed by atoms with Gasteiger partial charge in [-0.25, -0.2) is 8.42 Å². The van der Waals surface area contributed by atoms with E-state index in [9.17, 15) is 13.5 Å². The van der Waals surface area contributed by atoms with Crippen molar-refractivity contribution in [1.29, 1.82) is 0 Å². The van der Waals surface area contributed by atoms with Gasteiger partial charge in [0.25, 0.3) is 0 Å². The lowest BCUT2D eigenvalue weighted by Gasteiger charge is -2.09. The Bertz CT molecular complexity index is 674. The number of aromatic hydroxyl groups is 1. The average molecular weight is 252 g/mol. The Balaban J connectivity index is 2.83. The minimum absolute atomic E-state index is 0.131. The Morgan fingerprint density at radius 1 is 1.12 bits per heavy atom. The van der Waals surface area contributed by atoms with Gasteiger partial charge in [-0.2, -0.15) is 0 Å². The van der Waals surface area contributed by atoms with E-state index in [0.717, 1.165) is 17.0 Å². The third-order valence-electron chi connectivity index (χ3n) is 2.51. The molecule has 0 saturated heterocycles. The molecule has 0 radical (unpaired) electrons. The maximum absolute atomic E-state index is 11.6. The molecule has 0 fully saturated rings. The molecule has 0 heterocycles. The zero-order valence-electron chi connectivity index (χ0n) is 9.47. The first-order valence-electron chi connectivity index (χ1n) is 4.92. The van der Waals surface area contributed by atoms with Gasteiger partial charge in [-0.1, -0.05) is 6.07 Å². The Hall–Kier alpha value is -1.75. The quantitative estimate of drug-likeness (QED) is 0.887. The molecule has 1 N–H and O–H groups in total. The van der Waals surface area contributed by atoms with Crippen LogP contribution in [0.5, 0.6) is 11.5 Å². The highest BCUT2D eigenvalue weighted by Crippen LogP contribution is 2.31. The second-order valence-electron chi connectivity index (χ2n) is 3.81. The molecular formula is C12H12O4S. The van der Waals surface area contributed by atoms with Crippen LogP contribution in [0.4, 0.5) is 0 Å². The summed E-state index contributed by atoms with van der Waals surface area (Å²) in [6.07, 6.45) is 1.14. The van der Waals surface area contributed by atoms with E-state index in [0.29, 0.717) is 0 Å². The Morgan fingerprint density at radius 2 is 1.82 bits per heavy atom. The van der Waals surface area contributed by atoms with Crippen LogP contribution in [0.1, 0.15) is 0 Å². The van der Waals surface area contributed by atoms with E-state index in [1.807, 2.05) is 0 Å². The third-order valence-corrected chi connectivity index (χ3v) is 3.62. The maximum atomic E-state index is 11.6. The summed E-state index contributed by atoms with van der Waals surface area (Å²) < 4.78 is 28.2. The number of rotatable bonds is 2. The fraction of sp³-hybridized carbons (Fsp3) is 0.167. The van der Waals surface area contributed by atoms with Crippen molar-refractivity contribution in [3.63, 3.8) is 0 Å². The highest BCUT2D eigenvalue weighted by Gasteiger charge is 2.15. The van der Waals surface area contributed by atoms with Gasteiger partial charge in [-0.15, -0.1) is 0 Å². The summed E-state index contributed by atoms with van der Waals surface area (Å²) in [7, 11) is -1.92. The van der Waals surface area contributed by atoms with E-state index in [1.54, 1.807) is 24.3 Å². The molecule has 2 aromatic rings. The van der Waals surface area contributed by atoms with Crippen LogP contribution in [0.15, 0.2) is 35.2 Å². The van der Waals surface area contributed by atoms with Gasteiger partial charge in [0.15, 0.2) is 9.84 Å². The fourth-order valence-corrected chi connectivity index (χ4v) is 2.54. The average Bonchev–Trinajstić information content (AvgIpc) is 2.25. The van der Waals surface area contributed by atoms with Crippen LogP contribution in [0.3, 0.4) is 0 Å². The molecule has 0 atom stereocenters. The minimum atomic E-state index is -3.33.